The summed E-state index contributed by atoms with van der Waals surface area (Å²) in [6.45, 7) is 2.93. The SMILES string of the molecule is CC(C)(C(=O)OCc1ccccc1)N1CC(Cc2ccccc2)(NS(=O)(=O)c2ccccc2[N+](=O)[O-])C1=O. The molecule has 3 aromatic carbocycles. The van der Waals surface area contributed by atoms with Gasteiger partial charge >= 0.3 is 5.97 Å². The average molecular weight is 538 g/mol. The first-order valence-corrected chi connectivity index (χ1v) is 13.3. The van der Waals surface area contributed by atoms with E-state index in [4.69, 9.17) is 4.74 Å². The van der Waals surface area contributed by atoms with Gasteiger partial charge in [0.2, 0.25) is 15.9 Å². The molecule has 1 aliphatic rings. The number of para-hydroxylation sites is 1. The number of carbonyl (C=O) groups excluding carboxylic acids is 2. The van der Waals surface area contributed by atoms with Crippen molar-refractivity contribution in [2.75, 3.05) is 6.54 Å². The van der Waals surface area contributed by atoms with Gasteiger partial charge in [-0.25, -0.2) is 13.2 Å². The molecule has 38 heavy (non-hydrogen) atoms. The molecule has 0 spiro atoms. The Morgan fingerprint density at radius 3 is 2.13 bits per heavy atom. The molecule has 11 heteroatoms. The van der Waals surface area contributed by atoms with Crippen LogP contribution in [0.25, 0.3) is 0 Å². The summed E-state index contributed by atoms with van der Waals surface area (Å²) < 4.78 is 34.6. The Kier molecular flexibility index (Phi) is 7.34. The lowest BCUT2D eigenvalue weighted by Crippen LogP contribution is -2.79. The smallest absolute Gasteiger partial charge is 0.331 e. The highest BCUT2D eigenvalue weighted by Gasteiger charge is 2.60. The molecule has 0 aliphatic carbocycles. The number of amides is 1. The number of nitro benzene ring substituents is 1. The number of nitrogens with zero attached hydrogens (tertiary/aromatic N) is 2. The highest BCUT2D eigenvalue weighted by molar-refractivity contribution is 7.89. The monoisotopic (exact) mass is 537 g/mol. The average Bonchev–Trinajstić information content (AvgIpc) is 2.90. The van der Waals surface area contributed by atoms with E-state index < -0.39 is 48.5 Å². The number of nitrogens with one attached hydrogen (secondary N) is 1. The molecule has 1 saturated heterocycles. The summed E-state index contributed by atoms with van der Waals surface area (Å²) in [5.41, 5.74) is -2.20. The Labute approximate surface area is 220 Å². The van der Waals surface area contributed by atoms with Crippen molar-refractivity contribution in [2.24, 2.45) is 0 Å². The third-order valence-electron chi connectivity index (χ3n) is 6.50. The van der Waals surface area contributed by atoms with E-state index in [0.29, 0.717) is 5.56 Å². The molecule has 0 aromatic heterocycles. The first-order valence-electron chi connectivity index (χ1n) is 11.8. The third kappa shape index (κ3) is 5.29. The lowest BCUT2D eigenvalue weighted by atomic mass is 9.79. The van der Waals surface area contributed by atoms with Gasteiger partial charge in [0.1, 0.15) is 17.7 Å². The predicted molar refractivity (Wildman–Crippen MR) is 138 cm³/mol. The number of benzene rings is 3. The summed E-state index contributed by atoms with van der Waals surface area (Å²) >= 11 is 0. The highest BCUT2D eigenvalue weighted by atomic mass is 32.2. The summed E-state index contributed by atoms with van der Waals surface area (Å²) in [6.07, 6.45) is -0.0157. The molecule has 1 atom stereocenters. The molecule has 10 nitrogen and oxygen atoms in total. The van der Waals surface area contributed by atoms with Crippen molar-refractivity contribution in [2.45, 2.75) is 42.8 Å². The molecule has 1 amide bonds. The van der Waals surface area contributed by atoms with Crippen molar-refractivity contribution in [3.8, 4) is 0 Å². The van der Waals surface area contributed by atoms with Crippen LogP contribution in [-0.2, 0) is 37.4 Å². The number of hydrogen-bond acceptors (Lipinski definition) is 7. The fourth-order valence-corrected chi connectivity index (χ4v) is 5.90. The van der Waals surface area contributed by atoms with E-state index in [-0.39, 0.29) is 19.6 Å². The van der Waals surface area contributed by atoms with Crippen molar-refractivity contribution in [1.82, 2.24) is 9.62 Å². The molecule has 1 N–H and O–H groups in total. The van der Waals surface area contributed by atoms with Gasteiger partial charge < -0.3 is 9.64 Å². The minimum atomic E-state index is -4.50. The number of nitro groups is 1. The lowest BCUT2D eigenvalue weighted by Gasteiger charge is -2.54. The van der Waals surface area contributed by atoms with E-state index >= 15 is 0 Å². The molecule has 1 aliphatic heterocycles. The van der Waals surface area contributed by atoms with Crippen molar-refractivity contribution in [3.63, 3.8) is 0 Å². The van der Waals surface area contributed by atoms with E-state index in [0.717, 1.165) is 17.7 Å². The number of hydrogen-bond donors (Lipinski definition) is 1. The van der Waals surface area contributed by atoms with E-state index in [2.05, 4.69) is 4.72 Å². The molecule has 0 bridgehead atoms. The van der Waals surface area contributed by atoms with E-state index in [1.807, 2.05) is 18.2 Å². The number of sulfonamides is 1. The van der Waals surface area contributed by atoms with Gasteiger partial charge in [0.15, 0.2) is 4.90 Å². The van der Waals surface area contributed by atoms with Crippen LogP contribution < -0.4 is 4.72 Å². The number of esters is 1. The van der Waals surface area contributed by atoms with Gasteiger partial charge in [-0.1, -0.05) is 72.8 Å². The van der Waals surface area contributed by atoms with Crippen LogP contribution in [0.2, 0.25) is 0 Å². The van der Waals surface area contributed by atoms with Gasteiger partial charge in [-0.2, -0.15) is 4.72 Å². The molecular weight excluding hydrogens is 510 g/mol. The minimum Gasteiger partial charge on any atom is -0.459 e. The lowest BCUT2D eigenvalue weighted by molar-refractivity contribution is -0.387. The number of carbonyl (C=O) groups is 2. The van der Waals surface area contributed by atoms with Crippen molar-refractivity contribution in [1.29, 1.82) is 0 Å². The van der Waals surface area contributed by atoms with E-state index in [1.54, 1.807) is 42.5 Å². The quantitative estimate of drug-likeness (QED) is 0.181. The van der Waals surface area contributed by atoms with Crippen LogP contribution in [0.3, 0.4) is 0 Å². The van der Waals surface area contributed by atoms with Gasteiger partial charge in [0.05, 0.1) is 11.5 Å². The van der Waals surface area contributed by atoms with Gasteiger partial charge in [-0.3, -0.25) is 14.9 Å². The van der Waals surface area contributed by atoms with Crippen LogP contribution in [0.5, 0.6) is 0 Å². The van der Waals surface area contributed by atoms with Crippen LogP contribution in [-0.4, -0.2) is 47.7 Å². The van der Waals surface area contributed by atoms with E-state index in [9.17, 15) is 28.1 Å². The van der Waals surface area contributed by atoms with Crippen LogP contribution in [0, 0.1) is 10.1 Å². The van der Waals surface area contributed by atoms with Crippen LogP contribution in [0.1, 0.15) is 25.0 Å². The maximum atomic E-state index is 13.7. The summed E-state index contributed by atoms with van der Waals surface area (Å²) in [6, 6.07) is 22.8. The predicted octanol–water partition coefficient (Wildman–Crippen LogP) is 3.22. The second-order valence-electron chi connectivity index (χ2n) is 9.59. The maximum absolute atomic E-state index is 13.7. The van der Waals surface area contributed by atoms with Gasteiger partial charge in [-0.05, 0) is 31.0 Å². The molecule has 198 valence electrons. The Morgan fingerprint density at radius 2 is 1.55 bits per heavy atom. The minimum absolute atomic E-state index is 0.0157. The van der Waals surface area contributed by atoms with Crippen molar-refractivity contribution < 1.29 is 27.7 Å². The van der Waals surface area contributed by atoms with Crippen LogP contribution in [0.15, 0.2) is 89.8 Å². The first kappa shape index (κ1) is 27.0. The zero-order valence-electron chi connectivity index (χ0n) is 20.9. The summed E-state index contributed by atoms with van der Waals surface area (Å²) in [5, 5.41) is 11.5. The summed E-state index contributed by atoms with van der Waals surface area (Å²) in [7, 11) is -4.50. The Morgan fingerprint density at radius 1 is 1.00 bits per heavy atom. The van der Waals surface area contributed by atoms with Crippen LogP contribution in [0.4, 0.5) is 5.69 Å². The molecule has 3 aromatic rings. The number of β-lactam (4-membered cyclic amide) rings is 1. The topological polar surface area (TPSA) is 136 Å². The van der Waals surface area contributed by atoms with Crippen molar-refractivity contribution in [3.05, 3.63) is 106 Å². The maximum Gasteiger partial charge on any atom is 0.331 e. The molecule has 0 radical (unpaired) electrons. The van der Waals surface area contributed by atoms with Crippen LogP contribution >= 0.6 is 0 Å². The zero-order chi connectivity index (χ0) is 27.6. The Balaban J connectivity index is 1.61. The standard InChI is InChI=1S/C27H27N3O7S/c1-26(2,25(32)37-18-21-13-7-4-8-14-21)29-19-27(24(29)31,17-20-11-5-3-6-12-20)28-38(35,36)23-16-10-9-15-22(23)30(33)34/h3-16,28H,17-19H2,1-2H3. The molecular formula is C27H27N3O7S. The highest BCUT2D eigenvalue weighted by Crippen LogP contribution is 2.36. The van der Waals surface area contributed by atoms with Crippen molar-refractivity contribution >= 4 is 27.6 Å². The molecule has 1 unspecified atom stereocenters. The fourth-order valence-electron chi connectivity index (χ4n) is 4.37. The second kappa shape index (κ2) is 10.3. The largest absolute Gasteiger partial charge is 0.459 e. The van der Waals surface area contributed by atoms with E-state index in [1.165, 1.54) is 30.9 Å². The van der Waals surface area contributed by atoms with Gasteiger partial charge in [0, 0.05) is 12.5 Å². The second-order valence-corrected chi connectivity index (χ2v) is 11.2. The first-order chi connectivity index (χ1) is 18.0. The Bertz CT molecular complexity index is 1460. The number of ether oxygens (including phenoxy) is 1. The third-order valence-corrected chi connectivity index (χ3v) is 8.08. The zero-order valence-corrected chi connectivity index (χ0v) is 21.7. The number of likely N-dealkylation sites (tertiary alicyclic amines) is 1. The number of rotatable bonds is 10. The molecule has 1 heterocycles. The summed E-state index contributed by atoms with van der Waals surface area (Å²) in [5.74, 6) is -1.28. The molecule has 4 rings (SSSR count). The molecule has 1 fully saturated rings. The van der Waals surface area contributed by atoms with Gasteiger partial charge in [-0.15, -0.1) is 0 Å². The summed E-state index contributed by atoms with van der Waals surface area (Å²) in [4.78, 5) is 38.1. The Hall–Kier alpha value is -4.09. The normalized spacial score (nSPS) is 17.5. The fraction of sp³-hybridized carbons (Fsp3) is 0.259. The molecule has 0 saturated carbocycles. The van der Waals surface area contributed by atoms with Gasteiger partial charge in [0.25, 0.3) is 5.69 Å².